The second kappa shape index (κ2) is 8.50. The topological polar surface area (TPSA) is 70.9 Å². The van der Waals surface area contributed by atoms with E-state index in [0.29, 0.717) is 31.0 Å². The fraction of sp³-hybridized carbons (Fsp3) is 0.125. The Morgan fingerprint density at radius 3 is 2.58 bits per heavy atom. The highest BCUT2D eigenvalue weighted by Gasteiger charge is 2.11. The van der Waals surface area contributed by atoms with Crippen LogP contribution in [0.3, 0.4) is 0 Å². The minimum atomic E-state index is -0.310. The second-order valence-electron chi connectivity index (χ2n) is 4.86. The van der Waals surface area contributed by atoms with E-state index in [0.717, 1.165) is 5.56 Å². The summed E-state index contributed by atoms with van der Waals surface area (Å²) in [6.45, 7) is 1.72. The molecule has 8 heteroatoms. The van der Waals surface area contributed by atoms with E-state index in [2.05, 4.69) is 42.3 Å². The number of amides is 1. The van der Waals surface area contributed by atoms with Crippen molar-refractivity contribution >= 4 is 61.3 Å². The summed E-state index contributed by atoms with van der Waals surface area (Å²) >= 11 is 12.7. The van der Waals surface area contributed by atoms with Crippen LogP contribution in [-0.4, -0.2) is 23.9 Å². The SMILES string of the molecule is Cc1ccc(NC(=O)COc2c(Br)cc(/C=N/O)cc2Br)cc1Cl. The molecule has 0 radical (unpaired) electrons. The summed E-state index contributed by atoms with van der Waals surface area (Å²) in [5, 5.41) is 14.8. The molecule has 1 amide bonds. The van der Waals surface area contributed by atoms with Crippen molar-refractivity contribution in [3.05, 3.63) is 55.4 Å². The highest BCUT2D eigenvalue weighted by Crippen LogP contribution is 2.34. The monoisotopic (exact) mass is 474 g/mol. The van der Waals surface area contributed by atoms with Crippen molar-refractivity contribution in [2.75, 3.05) is 11.9 Å². The summed E-state index contributed by atoms with van der Waals surface area (Å²) in [6, 6.07) is 8.69. The van der Waals surface area contributed by atoms with Gasteiger partial charge in [0.2, 0.25) is 0 Å². The van der Waals surface area contributed by atoms with Crippen LogP contribution in [0.1, 0.15) is 11.1 Å². The maximum Gasteiger partial charge on any atom is 0.262 e. The quantitative estimate of drug-likeness (QED) is 0.363. The number of carbonyl (C=O) groups excluding carboxylic acids is 1. The highest BCUT2D eigenvalue weighted by atomic mass is 79.9. The molecule has 2 N–H and O–H groups in total. The molecule has 0 aliphatic heterocycles. The molecule has 0 bridgehead atoms. The normalized spacial score (nSPS) is 10.8. The van der Waals surface area contributed by atoms with Crippen molar-refractivity contribution < 1.29 is 14.7 Å². The Morgan fingerprint density at radius 1 is 1.33 bits per heavy atom. The maximum absolute atomic E-state index is 12.0. The van der Waals surface area contributed by atoms with Gasteiger partial charge in [0, 0.05) is 10.7 Å². The second-order valence-corrected chi connectivity index (χ2v) is 6.97. The molecule has 0 saturated carbocycles. The molecule has 2 rings (SSSR count). The zero-order chi connectivity index (χ0) is 17.7. The van der Waals surface area contributed by atoms with Gasteiger partial charge in [-0.2, -0.15) is 0 Å². The average Bonchev–Trinajstić information content (AvgIpc) is 2.50. The predicted molar refractivity (Wildman–Crippen MR) is 102 cm³/mol. The molecule has 0 spiro atoms. The summed E-state index contributed by atoms with van der Waals surface area (Å²) in [5.74, 6) is 0.164. The van der Waals surface area contributed by atoms with Crippen LogP contribution in [0.15, 0.2) is 44.4 Å². The maximum atomic E-state index is 12.0. The molecule has 126 valence electrons. The third-order valence-corrected chi connectivity index (χ3v) is 4.62. The van der Waals surface area contributed by atoms with E-state index in [1.165, 1.54) is 6.21 Å². The van der Waals surface area contributed by atoms with Gasteiger partial charge < -0.3 is 15.3 Å². The fourth-order valence-electron chi connectivity index (χ4n) is 1.86. The molecule has 2 aromatic rings. The van der Waals surface area contributed by atoms with Gasteiger partial charge in [-0.05, 0) is 74.2 Å². The van der Waals surface area contributed by atoms with Crippen molar-refractivity contribution in [2.45, 2.75) is 6.92 Å². The predicted octanol–water partition coefficient (Wildman–Crippen LogP) is 5.00. The lowest BCUT2D eigenvalue weighted by Gasteiger charge is -2.12. The Labute approximate surface area is 160 Å². The number of nitrogens with one attached hydrogen (secondary N) is 1. The standard InChI is InChI=1S/C16H13Br2ClN2O3/c1-9-2-3-11(6-14(9)19)21-15(22)8-24-16-12(17)4-10(7-20-23)5-13(16)18/h2-7,23H,8H2,1H3,(H,21,22)/b20-7+. The van der Waals surface area contributed by atoms with Crippen LogP contribution in [0.2, 0.25) is 5.02 Å². The van der Waals surface area contributed by atoms with Crippen LogP contribution < -0.4 is 10.1 Å². The van der Waals surface area contributed by atoms with E-state index < -0.39 is 0 Å². The summed E-state index contributed by atoms with van der Waals surface area (Å²) in [4.78, 5) is 12.0. The largest absolute Gasteiger partial charge is 0.481 e. The van der Waals surface area contributed by atoms with Crippen molar-refractivity contribution in [3.8, 4) is 5.75 Å². The van der Waals surface area contributed by atoms with Gasteiger partial charge in [0.1, 0.15) is 5.75 Å². The van der Waals surface area contributed by atoms with Gasteiger partial charge >= 0.3 is 0 Å². The number of hydrogen-bond acceptors (Lipinski definition) is 4. The van der Waals surface area contributed by atoms with Crippen LogP contribution in [0, 0.1) is 6.92 Å². The first kappa shape index (κ1) is 18.8. The number of ether oxygens (including phenoxy) is 1. The van der Waals surface area contributed by atoms with Gasteiger partial charge in [-0.25, -0.2) is 0 Å². The van der Waals surface area contributed by atoms with Gasteiger partial charge in [0.15, 0.2) is 6.61 Å². The van der Waals surface area contributed by atoms with Crippen LogP contribution in [0.5, 0.6) is 5.75 Å². The third kappa shape index (κ3) is 4.96. The number of halogens is 3. The number of benzene rings is 2. The molecule has 0 aliphatic carbocycles. The average molecular weight is 477 g/mol. The number of carbonyl (C=O) groups is 1. The van der Waals surface area contributed by atoms with E-state index in [9.17, 15) is 4.79 Å². The molecule has 2 aromatic carbocycles. The molecule has 0 heterocycles. The van der Waals surface area contributed by atoms with E-state index in [1.54, 1.807) is 24.3 Å². The first-order chi connectivity index (χ1) is 11.4. The fourth-order valence-corrected chi connectivity index (χ4v) is 3.50. The molecule has 0 aliphatic rings. The Bertz CT molecular complexity index is 774. The van der Waals surface area contributed by atoms with Crippen LogP contribution >= 0.6 is 43.5 Å². The van der Waals surface area contributed by atoms with E-state index >= 15 is 0 Å². The summed E-state index contributed by atoms with van der Waals surface area (Å²) in [7, 11) is 0. The molecule has 0 unspecified atom stereocenters. The molecular formula is C16H13Br2ClN2O3. The summed E-state index contributed by atoms with van der Waals surface area (Å²) < 4.78 is 6.79. The lowest BCUT2D eigenvalue weighted by atomic mass is 10.2. The lowest BCUT2D eigenvalue weighted by Crippen LogP contribution is -2.20. The van der Waals surface area contributed by atoms with Gasteiger partial charge in [0.05, 0.1) is 15.2 Å². The van der Waals surface area contributed by atoms with Gasteiger partial charge in [0.25, 0.3) is 5.91 Å². The van der Waals surface area contributed by atoms with E-state index in [-0.39, 0.29) is 12.5 Å². The molecule has 5 nitrogen and oxygen atoms in total. The Kier molecular flexibility index (Phi) is 6.65. The van der Waals surface area contributed by atoms with Crippen LogP contribution in [0.25, 0.3) is 0 Å². The number of rotatable bonds is 5. The third-order valence-electron chi connectivity index (χ3n) is 3.03. The zero-order valence-corrected chi connectivity index (χ0v) is 16.4. The molecule has 0 aromatic heterocycles. The number of hydrogen-bond donors (Lipinski definition) is 2. The molecule has 0 saturated heterocycles. The minimum Gasteiger partial charge on any atom is -0.481 e. The van der Waals surface area contributed by atoms with Crippen LogP contribution in [0.4, 0.5) is 5.69 Å². The number of nitrogens with zero attached hydrogens (tertiary/aromatic N) is 1. The molecule has 0 atom stereocenters. The number of aryl methyl sites for hydroxylation is 1. The number of anilines is 1. The van der Waals surface area contributed by atoms with Gasteiger partial charge in [-0.1, -0.05) is 22.8 Å². The Balaban J connectivity index is 2.02. The van der Waals surface area contributed by atoms with Crippen molar-refractivity contribution in [1.82, 2.24) is 0 Å². The molecular weight excluding hydrogens is 463 g/mol. The number of oxime groups is 1. The van der Waals surface area contributed by atoms with Gasteiger partial charge in [-0.15, -0.1) is 0 Å². The van der Waals surface area contributed by atoms with Crippen molar-refractivity contribution in [1.29, 1.82) is 0 Å². The van der Waals surface area contributed by atoms with Gasteiger partial charge in [-0.3, -0.25) is 4.79 Å². The summed E-state index contributed by atoms with van der Waals surface area (Å²) in [6.07, 6.45) is 1.28. The summed E-state index contributed by atoms with van der Waals surface area (Å²) in [5.41, 5.74) is 2.21. The first-order valence-corrected chi connectivity index (χ1v) is 8.72. The van der Waals surface area contributed by atoms with E-state index in [1.807, 2.05) is 13.0 Å². The Morgan fingerprint density at radius 2 is 2.00 bits per heavy atom. The van der Waals surface area contributed by atoms with Crippen molar-refractivity contribution in [3.63, 3.8) is 0 Å². The Hall–Kier alpha value is -1.57. The molecule has 0 fully saturated rings. The van der Waals surface area contributed by atoms with Crippen molar-refractivity contribution in [2.24, 2.45) is 5.16 Å². The highest BCUT2D eigenvalue weighted by molar-refractivity contribution is 9.11. The van der Waals surface area contributed by atoms with Crippen LogP contribution in [-0.2, 0) is 4.79 Å². The lowest BCUT2D eigenvalue weighted by molar-refractivity contribution is -0.118. The smallest absolute Gasteiger partial charge is 0.262 e. The minimum absolute atomic E-state index is 0.171. The molecule has 24 heavy (non-hydrogen) atoms. The van der Waals surface area contributed by atoms with E-state index in [4.69, 9.17) is 21.5 Å². The first-order valence-electron chi connectivity index (χ1n) is 6.76. The zero-order valence-electron chi connectivity index (χ0n) is 12.5.